The van der Waals surface area contributed by atoms with E-state index < -0.39 is 11.8 Å². The lowest BCUT2D eigenvalue weighted by molar-refractivity contribution is -0.149. The Labute approximate surface area is 110 Å². The van der Waals surface area contributed by atoms with Gasteiger partial charge in [0.15, 0.2) is 0 Å². The first kappa shape index (κ1) is 14.3. The minimum atomic E-state index is -1.04. The number of halogens is 1. The first-order valence-electron chi connectivity index (χ1n) is 5.17. The number of methoxy groups -OCH3 is 1. The van der Waals surface area contributed by atoms with Crippen molar-refractivity contribution in [3.63, 3.8) is 0 Å². The molecule has 0 bridgehead atoms. The van der Waals surface area contributed by atoms with Gasteiger partial charge in [0.05, 0.1) is 12.1 Å². The highest BCUT2D eigenvalue weighted by molar-refractivity contribution is 6.39. The fourth-order valence-electron chi connectivity index (χ4n) is 1.34. The molecule has 1 N–H and O–H groups in total. The average molecular weight is 269 g/mol. The van der Waals surface area contributed by atoms with Gasteiger partial charge in [0.2, 0.25) is 0 Å². The lowest BCUT2D eigenvalue weighted by Gasteiger charge is -2.07. The normalized spacial score (nSPS) is 11.2. The molecule has 0 unspecified atom stereocenters. The van der Waals surface area contributed by atoms with Crippen molar-refractivity contribution >= 4 is 29.1 Å². The number of carbonyl (C=O) groups is 2. The molecular weight excluding hydrogens is 256 g/mol. The molecular formula is C13H13ClO4. The van der Waals surface area contributed by atoms with Crippen LogP contribution < -0.4 is 0 Å². The topological polar surface area (TPSA) is 63.6 Å². The Balaban J connectivity index is 3.15. The van der Waals surface area contributed by atoms with Gasteiger partial charge < -0.3 is 9.84 Å². The van der Waals surface area contributed by atoms with Gasteiger partial charge in [-0.3, -0.25) is 4.79 Å². The summed E-state index contributed by atoms with van der Waals surface area (Å²) in [4.78, 5) is 22.2. The van der Waals surface area contributed by atoms with E-state index in [-0.39, 0.29) is 5.76 Å². The number of hydrogen-bond acceptors (Lipinski definition) is 4. The van der Waals surface area contributed by atoms with E-state index in [1.807, 2.05) is 13.8 Å². The van der Waals surface area contributed by atoms with Crippen molar-refractivity contribution in [1.29, 1.82) is 0 Å². The molecule has 4 nitrogen and oxygen atoms in total. The number of rotatable bonds is 3. The van der Waals surface area contributed by atoms with E-state index in [1.165, 1.54) is 0 Å². The molecule has 0 heterocycles. The molecule has 18 heavy (non-hydrogen) atoms. The van der Waals surface area contributed by atoms with Gasteiger partial charge in [0.1, 0.15) is 5.76 Å². The molecule has 0 atom stereocenters. The summed E-state index contributed by atoms with van der Waals surface area (Å²) in [6.45, 7) is 3.73. The van der Waals surface area contributed by atoms with E-state index in [0.717, 1.165) is 24.3 Å². The number of aliphatic hydroxyl groups excluding tert-OH is 1. The summed E-state index contributed by atoms with van der Waals surface area (Å²) in [6, 6.07) is 3.33. The van der Waals surface area contributed by atoms with Gasteiger partial charge in [-0.1, -0.05) is 11.6 Å². The molecule has 0 aliphatic carbocycles. The van der Waals surface area contributed by atoms with Crippen LogP contribution in [0.25, 0.3) is 5.76 Å². The van der Waals surface area contributed by atoms with Crippen LogP contribution in [0.2, 0.25) is 5.02 Å². The minimum Gasteiger partial charge on any atom is -0.507 e. The van der Waals surface area contributed by atoms with Crippen LogP contribution in [-0.2, 0) is 14.3 Å². The highest BCUT2D eigenvalue weighted by Gasteiger charge is 2.14. The largest absolute Gasteiger partial charge is 0.507 e. The van der Waals surface area contributed by atoms with Gasteiger partial charge in [-0.05, 0) is 37.1 Å². The number of ketones is 1. The third-order valence-electron chi connectivity index (χ3n) is 2.51. The minimum absolute atomic E-state index is 0.303. The highest BCUT2D eigenvalue weighted by Crippen LogP contribution is 2.25. The van der Waals surface area contributed by atoms with Gasteiger partial charge in [0, 0.05) is 11.6 Å². The number of carbonyl (C=O) groups excluding carboxylic acids is 2. The van der Waals surface area contributed by atoms with Crippen LogP contribution in [-0.4, -0.2) is 24.0 Å². The molecule has 96 valence electrons. The average Bonchev–Trinajstić information content (AvgIpc) is 2.32. The number of aliphatic hydroxyl groups is 1. The van der Waals surface area contributed by atoms with Crippen molar-refractivity contribution < 1.29 is 19.4 Å². The van der Waals surface area contributed by atoms with Crippen LogP contribution in [0.4, 0.5) is 0 Å². The summed E-state index contributed by atoms with van der Waals surface area (Å²) in [5, 5.41) is 10.1. The molecule has 1 aromatic carbocycles. The van der Waals surface area contributed by atoms with Crippen molar-refractivity contribution in [3.8, 4) is 0 Å². The Hall–Kier alpha value is -1.81. The maximum atomic E-state index is 11.3. The number of hydrogen-bond donors (Lipinski definition) is 1. The Morgan fingerprint density at radius 3 is 2.39 bits per heavy atom. The van der Waals surface area contributed by atoms with Crippen molar-refractivity contribution in [3.05, 3.63) is 39.9 Å². The van der Waals surface area contributed by atoms with Gasteiger partial charge in [-0.15, -0.1) is 0 Å². The van der Waals surface area contributed by atoms with E-state index in [4.69, 9.17) is 11.6 Å². The zero-order valence-electron chi connectivity index (χ0n) is 10.3. The third-order valence-corrected chi connectivity index (χ3v) is 2.83. The molecule has 5 heteroatoms. The molecule has 0 radical (unpaired) electrons. The third kappa shape index (κ3) is 3.11. The molecule has 0 fully saturated rings. The molecule has 0 amide bonds. The first-order chi connectivity index (χ1) is 8.36. The Morgan fingerprint density at radius 2 is 1.83 bits per heavy atom. The quantitative estimate of drug-likeness (QED) is 0.396. The molecule has 0 saturated heterocycles. The summed E-state index contributed by atoms with van der Waals surface area (Å²) in [5.74, 6) is -2.34. The van der Waals surface area contributed by atoms with Crippen LogP contribution >= 0.6 is 11.6 Å². The summed E-state index contributed by atoms with van der Waals surface area (Å²) in [5.41, 5.74) is 2.19. The van der Waals surface area contributed by atoms with Crippen molar-refractivity contribution in [2.24, 2.45) is 0 Å². The van der Waals surface area contributed by atoms with Crippen molar-refractivity contribution in [2.45, 2.75) is 13.8 Å². The summed E-state index contributed by atoms with van der Waals surface area (Å²) in [7, 11) is 1.09. The van der Waals surface area contributed by atoms with E-state index >= 15 is 0 Å². The number of aryl methyl sites for hydroxylation is 2. The second kappa shape index (κ2) is 5.69. The van der Waals surface area contributed by atoms with Gasteiger partial charge in [0.25, 0.3) is 5.78 Å². The Morgan fingerprint density at radius 1 is 1.28 bits per heavy atom. The number of esters is 1. The zero-order valence-corrected chi connectivity index (χ0v) is 11.0. The maximum absolute atomic E-state index is 11.3. The van der Waals surface area contributed by atoms with Crippen LogP contribution in [0.1, 0.15) is 16.7 Å². The lowest BCUT2D eigenvalue weighted by atomic mass is 10.0. The second-order valence-corrected chi connectivity index (χ2v) is 4.21. The SMILES string of the molecule is COC(=O)C(=O)/C=C(\O)c1cc(C)c(C)cc1Cl. The first-order valence-corrected chi connectivity index (χ1v) is 5.54. The number of benzene rings is 1. The van der Waals surface area contributed by atoms with Crippen LogP contribution in [0.15, 0.2) is 18.2 Å². The lowest BCUT2D eigenvalue weighted by Crippen LogP contribution is -2.13. The van der Waals surface area contributed by atoms with Crippen molar-refractivity contribution in [2.75, 3.05) is 7.11 Å². The van der Waals surface area contributed by atoms with Crippen molar-refractivity contribution in [1.82, 2.24) is 0 Å². The molecule has 0 saturated carbocycles. The summed E-state index contributed by atoms with van der Waals surface area (Å²) >= 11 is 5.96. The van der Waals surface area contributed by atoms with E-state index in [2.05, 4.69) is 4.74 Å². The van der Waals surface area contributed by atoms with Gasteiger partial charge in [-0.25, -0.2) is 4.79 Å². The second-order valence-electron chi connectivity index (χ2n) is 3.80. The molecule has 1 rings (SSSR count). The van der Waals surface area contributed by atoms with E-state index in [0.29, 0.717) is 10.6 Å². The predicted octanol–water partition coefficient (Wildman–Crippen LogP) is 2.60. The molecule has 0 spiro atoms. The van der Waals surface area contributed by atoms with Crippen LogP contribution in [0, 0.1) is 13.8 Å². The predicted molar refractivity (Wildman–Crippen MR) is 68.6 cm³/mol. The summed E-state index contributed by atoms with van der Waals surface area (Å²) in [6.07, 6.45) is 0.793. The van der Waals surface area contributed by atoms with Gasteiger partial charge >= 0.3 is 5.97 Å². The Kier molecular flexibility index (Phi) is 4.50. The maximum Gasteiger partial charge on any atom is 0.378 e. The monoisotopic (exact) mass is 268 g/mol. The number of ether oxygens (including phenoxy) is 1. The fourth-order valence-corrected chi connectivity index (χ4v) is 1.65. The standard InChI is InChI=1S/C13H13ClO4/c1-7-4-9(10(14)5-8(7)2)11(15)6-12(16)13(17)18-3/h4-6,15H,1-3H3/b11-6-. The fraction of sp³-hybridized carbons (Fsp3) is 0.231. The van der Waals surface area contributed by atoms with Gasteiger partial charge in [-0.2, -0.15) is 0 Å². The van der Waals surface area contributed by atoms with Crippen LogP contribution in [0.3, 0.4) is 0 Å². The zero-order chi connectivity index (χ0) is 13.9. The summed E-state index contributed by atoms with van der Waals surface area (Å²) < 4.78 is 4.24. The molecule has 0 aliphatic heterocycles. The molecule has 1 aromatic rings. The highest BCUT2D eigenvalue weighted by atomic mass is 35.5. The molecule has 0 aliphatic rings. The van der Waals surface area contributed by atoms with Crippen LogP contribution in [0.5, 0.6) is 0 Å². The Bertz CT molecular complexity index is 532. The molecule has 0 aromatic heterocycles. The smallest absolute Gasteiger partial charge is 0.378 e. The van der Waals surface area contributed by atoms with E-state index in [9.17, 15) is 14.7 Å². The van der Waals surface area contributed by atoms with E-state index in [1.54, 1.807) is 12.1 Å².